The molecule has 1 fully saturated rings. The van der Waals surface area contributed by atoms with Crippen LogP contribution in [0.15, 0.2) is 6.07 Å². The molecule has 1 aliphatic carbocycles. The van der Waals surface area contributed by atoms with Gasteiger partial charge in [0.1, 0.15) is 5.15 Å². The van der Waals surface area contributed by atoms with Crippen molar-refractivity contribution in [1.29, 1.82) is 0 Å². The normalized spacial score (nSPS) is 17.4. The third-order valence-corrected chi connectivity index (χ3v) is 5.68. The fourth-order valence-corrected chi connectivity index (χ4v) is 4.62. The predicted octanol–water partition coefficient (Wildman–Crippen LogP) is 3.77. The van der Waals surface area contributed by atoms with Crippen LogP contribution in [-0.2, 0) is 10.0 Å². The Kier molecular flexibility index (Phi) is 4.58. The number of sulfonamides is 1. The van der Waals surface area contributed by atoms with Crippen molar-refractivity contribution < 1.29 is 8.42 Å². The SMILES string of the molecule is Cc1cc(Cl)nc(Cl)c1NS(=O)(=O)C1CCCCC1. The highest BCUT2D eigenvalue weighted by Gasteiger charge is 2.28. The molecule has 0 amide bonds. The van der Waals surface area contributed by atoms with Gasteiger partial charge in [0, 0.05) is 0 Å². The fraction of sp³-hybridized carbons (Fsp3) is 0.583. The molecule has 7 heteroatoms. The van der Waals surface area contributed by atoms with Crippen molar-refractivity contribution in [1.82, 2.24) is 4.98 Å². The number of hydrogen-bond donors (Lipinski definition) is 1. The molecule has 0 saturated heterocycles. The highest BCUT2D eigenvalue weighted by Crippen LogP contribution is 2.30. The van der Waals surface area contributed by atoms with Crippen LogP contribution in [-0.4, -0.2) is 18.7 Å². The zero-order chi connectivity index (χ0) is 14.0. The van der Waals surface area contributed by atoms with E-state index in [0.717, 1.165) is 19.3 Å². The predicted molar refractivity (Wildman–Crippen MR) is 78.4 cm³/mol. The number of pyridine rings is 1. The Bertz CT molecular complexity index is 546. The van der Waals surface area contributed by atoms with Crippen molar-refractivity contribution in [2.75, 3.05) is 4.72 Å². The Morgan fingerprint density at radius 3 is 2.47 bits per heavy atom. The van der Waals surface area contributed by atoms with E-state index in [9.17, 15) is 8.42 Å². The summed E-state index contributed by atoms with van der Waals surface area (Å²) in [5.74, 6) is 0. The first kappa shape index (κ1) is 14.9. The lowest BCUT2D eigenvalue weighted by Crippen LogP contribution is -2.30. The summed E-state index contributed by atoms with van der Waals surface area (Å²) in [7, 11) is -3.41. The van der Waals surface area contributed by atoms with E-state index in [-0.39, 0.29) is 15.6 Å². The Labute approximate surface area is 123 Å². The number of nitrogens with one attached hydrogen (secondary N) is 1. The van der Waals surface area contributed by atoms with Gasteiger partial charge in [0.05, 0.1) is 10.9 Å². The monoisotopic (exact) mass is 322 g/mol. The van der Waals surface area contributed by atoms with Crippen molar-refractivity contribution in [3.05, 3.63) is 21.9 Å². The Hall–Kier alpha value is -0.520. The summed E-state index contributed by atoms with van der Waals surface area (Å²) in [5, 5.41) is -0.0000986. The molecule has 0 aromatic carbocycles. The van der Waals surface area contributed by atoms with Gasteiger partial charge in [0.15, 0.2) is 5.15 Å². The maximum absolute atomic E-state index is 12.3. The summed E-state index contributed by atoms with van der Waals surface area (Å²) in [6.07, 6.45) is 4.42. The van der Waals surface area contributed by atoms with Gasteiger partial charge in [-0.25, -0.2) is 13.4 Å². The first-order valence-electron chi connectivity index (χ1n) is 6.24. The molecule has 0 radical (unpaired) electrons. The van der Waals surface area contributed by atoms with Gasteiger partial charge in [0.25, 0.3) is 0 Å². The fourth-order valence-electron chi connectivity index (χ4n) is 2.32. The lowest BCUT2D eigenvalue weighted by atomic mass is 10.0. The van der Waals surface area contributed by atoms with E-state index in [1.807, 2.05) is 0 Å². The topological polar surface area (TPSA) is 59.1 Å². The average molecular weight is 323 g/mol. The van der Waals surface area contributed by atoms with Crippen LogP contribution in [0.1, 0.15) is 37.7 Å². The van der Waals surface area contributed by atoms with Crippen molar-refractivity contribution in [3.8, 4) is 0 Å². The van der Waals surface area contributed by atoms with Crippen LogP contribution in [0, 0.1) is 6.92 Å². The van der Waals surface area contributed by atoms with E-state index in [1.54, 1.807) is 13.0 Å². The summed E-state index contributed by atoms with van der Waals surface area (Å²) in [6, 6.07) is 1.59. The molecule has 2 rings (SSSR count). The summed E-state index contributed by atoms with van der Waals surface area (Å²) in [5.41, 5.74) is 1.00. The maximum atomic E-state index is 12.3. The second-order valence-electron chi connectivity index (χ2n) is 4.83. The van der Waals surface area contributed by atoms with Gasteiger partial charge in [-0.15, -0.1) is 0 Å². The summed E-state index contributed by atoms with van der Waals surface area (Å²) in [6.45, 7) is 1.75. The molecule has 0 bridgehead atoms. The van der Waals surface area contributed by atoms with Crippen LogP contribution < -0.4 is 4.72 Å². The summed E-state index contributed by atoms with van der Waals surface area (Å²) < 4.78 is 27.2. The molecule has 1 heterocycles. The lowest BCUT2D eigenvalue weighted by molar-refractivity contribution is 0.486. The summed E-state index contributed by atoms with van der Waals surface area (Å²) >= 11 is 11.7. The third kappa shape index (κ3) is 3.52. The van der Waals surface area contributed by atoms with Crippen molar-refractivity contribution in [2.24, 2.45) is 0 Å². The second-order valence-corrected chi connectivity index (χ2v) is 7.54. The van der Waals surface area contributed by atoms with Crippen molar-refractivity contribution in [2.45, 2.75) is 44.3 Å². The van der Waals surface area contributed by atoms with Crippen LogP contribution in [0.5, 0.6) is 0 Å². The van der Waals surface area contributed by atoms with Gasteiger partial charge in [-0.3, -0.25) is 4.72 Å². The summed E-state index contributed by atoms with van der Waals surface area (Å²) in [4.78, 5) is 3.87. The zero-order valence-electron chi connectivity index (χ0n) is 10.6. The molecular formula is C12H16Cl2N2O2S. The molecule has 1 N–H and O–H groups in total. The van der Waals surface area contributed by atoms with Gasteiger partial charge >= 0.3 is 0 Å². The average Bonchev–Trinajstić information content (AvgIpc) is 2.35. The Morgan fingerprint density at radius 1 is 1.26 bits per heavy atom. The minimum atomic E-state index is -3.41. The van der Waals surface area contributed by atoms with E-state index in [2.05, 4.69) is 9.71 Å². The number of rotatable bonds is 3. The molecule has 1 aliphatic rings. The molecule has 19 heavy (non-hydrogen) atoms. The molecule has 0 atom stereocenters. The first-order valence-corrected chi connectivity index (χ1v) is 8.54. The van der Waals surface area contributed by atoms with E-state index >= 15 is 0 Å². The van der Waals surface area contributed by atoms with Crippen LogP contribution in [0.3, 0.4) is 0 Å². The molecule has 106 valence electrons. The smallest absolute Gasteiger partial charge is 0.235 e. The largest absolute Gasteiger partial charge is 0.280 e. The third-order valence-electron chi connectivity index (χ3n) is 3.38. The number of aromatic nitrogens is 1. The standard InChI is InChI=1S/C12H16Cl2N2O2S/c1-8-7-10(13)15-12(14)11(8)16-19(17,18)9-5-3-2-4-6-9/h7,9,16H,2-6H2,1H3. The molecule has 0 spiro atoms. The maximum Gasteiger partial charge on any atom is 0.235 e. The number of halogens is 2. The van der Waals surface area contributed by atoms with Gasteiger partial charge in [-0.1, -0.05) is 42.5 Å². The molecule has 0 aliphatic heterocycles. The highest BCUT2D eigenvalue weighted by molar-refractivity contribution is 7.93. The minimum absolute atomic E-state index is 0.0874. The van der Waals surface area contributed by atoms with E-state index in [0.29, 0.717) is 24.1 Å². The van der Waals surface area contributed by atoms with Crippen LogP contribution in [0.25, 0.3) is 0 Å². The Morgan fingerprint density at radius 2 is 1.89 bits per heavy atom. The highest BCUT2D eigenvalue weighted by atomic mass is 35.5. The van der Waals surface area contributed by atoms with Gasteiger partial charge in [-0.05, 0) is 31.4 Å². The molecule has 4 nitrogen and oxygen atoms in total. The lowest BCUT2D eigenvalue weighted by Gasteiger charge is -2.23. The Balaban J connectivity index is 2.25. The molecule has 1 aromatic heterocycles. The van der Waals surface area contributed by atoms with Gasteiger partial charge in [-0.2, -0.15) is 0 Å². The quantitative estimate of drug-likeness (QED) is 0.861. The van der Waals surface area contributed by atoms with Gasteiger partial charge in [0.2, 0.25) is 10.0 Å². The number of aryl methyl sites for hydroxylation is 1. The van der Waals surface area contributed by atoms with Crippen molar-refractivity contribution >= 4 is 38.9 Å². The first-order chi connectivity index (χ1) is 8.90. The number of hydrogen-bond acceptors (Lipinski definition) is 3. The van der Waals surface area contributed by atoms with Gasteiger partial charge < -0.3 is 0 Å². The number of nitrogens with zero attached hydrogens (tertiary/aromatic N) is 1. The van der Waals surface area contributed by atoms with E-state index in [4.69, 9.17) is 23.2 Å². The molecular weight excluding hydrogens is 307 g/mol. The molecule has 1 aromatic rings. The second kappa shape index (κ2) is 5.85. The van der Waals surface area contributed by atoms with Crippen molar-refractivity contribution in [3.63, 3.8) is 0 Å². The molecule has 0 unspecified atom stereocenters. The minimum Gasteiger partial charge on any atom is -0.280 e. The molecule has 1 saturated carbocycles. The van der Waals surface area contributed by atoms with Crippen LogP contribution in [0.4, 0.5) is 5.69 Å². The van der Waals surface area contributed by atoms with E-state index < -0.39 is 10.0 Å². The van der Waals surface area contributed by atoms with Crippen LogP contribution in [0.2, 0.25) is 10.3 Å². The van der Waals surface area contributed by atoms with Crippen LogP contribution >= 0.6 is 23.2 Å². The number of anilines is 1. The van der Waals surface area contributed by atoms with E-state index in [1.165, 1.54) is 0 Å². The zero-order valence-corrected chi connectivity index (χ0v) is 12.9.